The van der Waals surface area contributed by atoms with Crippen LogP contribution in [0.2, 0.25) is 0 Å². The monoisotopic (exact) mass is 166 g/mol. The van der Waals surface area contributed by atoms with Crippen LogP contribution in [0, 0.1) is 0 Å². The highest BCUT2D eigenvalue weighted by atomic mass is 16.5. The Hall–Kier alpha value is -1.16. The molecule has 0 radical (unpaired) electrons. The molecule has 0 spiro atoms. The van der Waals surface area contributed by atoms with Gasteiger partial charge in [-0.25, -0.2) is 4.98 Å². The lowest BCUT2D eigenvalue weighted by Gasteiger charge is -2.06. The largest absolute Gasteiger partial charge is 0.368 e. The molecule has 4 heteroatoms. The molecule has 0 amide bonds. The molecule has 0 N–H and O–H groups in total. The molecule has 1 aliphatic heterocycles. The molecule has 0 aromatic carbocycles. The summed E-state index contributed by atoms with van der Waals surface area (Å²) in [5.41, 5.74) is 0. The first kappa shape index (κ1) is 7.49. The summed E-state index contributed by atoms with van der Waals surface area (Å²) in [5, 5.41) is 0. The Labute approximate surface area is 70.2 Å². The van der Waals surface area contributed by atoms with Gasteiger partial charge in [0.1, 0.15) is 12.4 Å². The van der Waals surface area contributed by atoms with Gasteiger partial charge in [-0.05, 0) is 12.8 Å². The Morgan fingerprint density at radius 3 is 3.17 bits per heavy atom. The number of imidazole rings is 1. The van der Waals surface area contributed by atoms with E-state index in [0.717, 1.165) is 12.8 Å². The predicted molar refractivity (Wildman–Crippen MR) is 41.8 cm³/mol. The molecule has 0 aliphatic carbocycles. The SMILES string of the molecule is O=C(C1CCCO1)n1ccnc1. The van der Waals surface area contributed by atoms with Gasteiger partial charge >= 0.3 is 0 Å². The maximum Gasteiger partial charge on any atom is 0.260 e. The van der Waals surface area contributed by atoms with Gasteiger partial charge in [-0.15, -0.1) is 0 Å². The van der Waals surface area contributed by atoms with Crippen LogP contribution in [0.5, 0.6) is 0 Å². The topological polar surface area (TPSA) is 44.1 Å². The molecule has 1 unspecified atom stereocenters. The summed E-state index contributed by atoms with van der Waals surface area (Å²) in [5.74, 6) is -0.00926. The Bertz CT molecular complexity index is 263. The standard InChI is InChI=1S/C8H10N2O2/c11-8(7-2-1-5-12-7)10-4-3-9-6-10/h3-4,6-7H,1-2,5H2. The summed E-state index contributed by atoms with van der Waals surface area (Å²) in [7, 11) is 0. The molecule has 2 rings (SSSR count). The molecule has 0 saturated carbocycles. The van der Waals surface area contributed by atoms with Crippen molar-refractivity contribution in [1.29, 1.82) is 0 Å². The number of rotatable bonds is 1. The first-order chi connectivity index (χ1) is 5.88. The van der Waals surface area contributed by atoms with Crippen LogP contribution in [-0.4, -0.2) is 28.2 Å². The molecular formula is C8H10N2O2. The van der Waals surface area contributed by atoms with Crippen molar-refractivity contribution in [2.45, 2.75) is 18.9 Å². The van der Waals surface area contributed by atoms with Gasteiger partial charge in [-0.2, -0.15) is 0 Å². The van der Waals surface area contributed by atoms with Crippen LogP contribution in [0.15, 0.2) is 18.7 Å². The fourth-order valence-electron chi connectivity index (χ4n) is 1.33. The number of carbonyl (C=O) groups is 1. The average Bonchev–Trinajstić information content (AvgIpc) is 2.77. The summed E-state index contributed by atoms with van der Waals surface area (Å²) in [6.07, 6.45) is 6.29. The molecule has 1 fully saturated rings. The van der Waals surface area contributed by atoms with Gasteiger partial charge in [0.05, 0.1) is 0 Å². The van der Waals surface area contributed by atoms with E-state index in [0.29, 0.717) is 6.61 Å². The second kappa shape index (κ2) is 3.06. The molecular weight excluding hydrogens is 156 g/mol. The number of ether oxygens (including phenoxy) is 1. The van der Waals surface area contributed by atoms with Gasteiger partial charge in [0.15, 0.2) is 0 Å². The van der Waals surface area contributed by atoms with Crippen molar-refractivity contribution in [3.63, 3.8) is 0 Å². The van der Waals surface area contributed by atoms with Crippen LogP contribution in [0.1, 0.15) is 17.6 Å². The van der Waals surface area contributed by atoms with Crippen molar-refractivity contribution >= 4 is 5.91 Å². The minimum atomic E-state index is -0.251. The number of aromatic nitrogens is 2. The van der Waals surface area contributed by atoms with Gasteiger partial charge in [0.2, 0.25) is 0 Å². The van der Waals surface area contributed by atoms with Crippen LogP contribution in [0.25, 0.3) is 0 Å². The Kier molecular flexibility index (Phi) is 1.91. The lowest BCUT2D eigenvalue weighted by Crippen LogP contribution is -2.24. The Balaban J connectivity index is 2.09. The van der Waals surface area contributed by atoms with Crippen LogP contribution < -0.4 is 0 Å². The van der Waals surface area contributed by atoms with Crippen molar-refractivity contribution in [2.75, 3.05) is 6.61 Å². The third kappa shape index (κ3) is 1.25. The van der Waals surface area contributed by atoms with E-state index in [4.69, 9.17) is 4.74 Å². The van der Waals surface area contributed by atoms with E-state index < -0.39 is 0 Å². The molecule has 2 heterocycles. The van der Waals surface area contributed by atoms with Crippen molar-refractivity contribution in [1.82, 2.24) is 9.55 Å². The average molecular weight is 166 g/mol. The van der Waals surface area contributed by atoms with E-state index in [-0.39, 0.29) is 12.0 Å². The number of nitrogens with zero attached hydrogens (tertiary/aromatic N) is 2. The van der Waals surface area contributed by atoms with Crippen LogP contribution >= 0.6 is 0 Å². The summed E-state index contributed by atoms with van der Waals surface area (Å²) in [6, 6.07) is 0. The minimum absolute atomic E-state index is 0.00926. The van der Waals surface area contributed by atoms with E-state index in [2.05, 4.69) is 4.98 Å². The fourth-order valence-corrected chi connectivity index (χ4v) is 1.33. The lowest BCUT2D eigenvalue weighted by molar-refractivity contribution is 0.0554. The van der Waals surface area contributed by atoms with Crippen LogP contribution in [0.4, 0.5) is 0 Å². The second-order valence-corrected chi connectivity index (χ2v) is 2.81. The highest BCUT2D eigenvalue weighted by Gasteiger charge is 2.24. The maximum atomic E-state index is 11.5. The zero-order valence-corrected chi connectivity index (χ0v) is 6.64. The predicted octanol–water partition coefficient (Wildman–Crippen LogP) is 0.702. The molecule has 1 aliphatic rings. The normalized spacial score (nSPS) is 22.8. The number of carbonyl (C=O) groups excluding carboxylic acids is 1. The van der Waals surface area contributed by atoms with Crippen molar-refractivity contribution in [3.05, 3.63) is 18.7 Å². The minimum Gasteiger partial charge on any atom is -0.368 e. The van der Waals surface area contributed by atoms with E-state index in [9.17, 15) is 4.79 Å². The number of hydrogen-bond donors (Lipinski definition) is 0. The van der Waals surface area contributed by atoms with Crippen molar-refractivity contribution in [3.8, 4) is 0 Å². The Morgan fingerprint density at radius 1 is 1.67 bits per heavy atom. The van der Waals surface area contributed by atoms with E-state index >= 15 is 0 Å². The molecule has 12 heavy (non-hydrogen) atoms. The second-order valence-electron chi connectivity index (χ2n) is 2.81. The molecule has 1 aromatic heterocycles. The van der Waals surface area contributed by atoms with Crippen LogP contribution in [-0.2, 0) is 4.74 Å². The maximum absolute atomic E-state index is 11.5. The number of hydrogen-bond acceptors (Lipinski definition) is 3. The summed E-state index contributed by atoms with van der Waals surface area (Å²) in [6.45, 7) is 0.700. The Morgan fingerprint density at radius 2 is 2.58 bits per heavy atom. The van der Waals surface area contributed by atoms with E-state index in [1.807, 2.05) is 0 Å². The van der Waals surface area contributed by atoms with Crippen molar-refractivity contribution in [2.24, 2.45) is 0 Å². The first-order valence-electron chi connectivity index (χ1n) is 4.02. The molecule has 0 bridgehead atoms. The van der Waals surface area contributed by atoms with Gasteiger partial charge in [0.25, 0.3) is 5.91 Å². The fraction of sp³-hybridized carbons (Fsp3) is 0.500. The smallest absolute Gasteiger partial charge is 0.260 e. The summed E-state index contributed by atoms with van der Waals surface area (Å²) in [4.78, 5) is 15.3. The van der Waals surface area contributed by atoms with Crippen molar-refractivity contribution < 1.29 is 9.53 Å². The highest BCUT2D eigenvalue weighted by Crippen LogP contribution is 2.13. The van der Waals surface area contributed by atoms with E-state index in [1.165, 1.54) is 10.9 Å². The van der Waals surface area contributed by atoms with E-state index in [1.54, 1.807) is 12.4 Å². The molecule has 4 nitrogen and oxygen atoms in total. The van der Waals surface area contributed by atoms with Crippen LogP contribution in [0.3, 0.4) is 0 Å². The molecule has 1 saturated heterocycles. The molecule has 1 aromatic rings. The quantitative estimate of drug-likeness (QED) is 0.617. The lowest BCUT2D eigenvalue weighted by atomic mass is 10.2. The third-order valence-electron chi connectivity index (χ3n) is 1.96. The first-order valence-corrected chi connectivity index (χ1v) is 4.02. The summed E-state index contributed by atoms with van der Waals surface area (Å²) >= 11 is 0. The molecule has 64 valence electrons. The zero-order chi connectivity index (χ0) is 8.39. The zero-order valence-electron chi connectivity index (χ0n) is 6.64. The summed E-state index contributed by atoms with van der Waals surface area (Å²) < 4.78 is 6.71. The van der Waals surface area contributed by atoms with Gasteiger partial charge in [-0.1, -0.05) is 0 Å². The van der Waals surface area contributed by atoms with Gasteiger partial charge in [-0.3, -0.25) is 9.36 Å². The highest BCUT2D eigenvalue weighted by molar-refractivity contribution is 5.83. The molecule has 1 atom stereocenters. The third-order valence-corrected chi connectivity index (χ3v) is 1.96. The van der Waals surface area contributed by atoms with Gasteiger partial charge < -0.3 is 4.74 Å². The van der Waals surface area contributed by atoms with Gasteiger partial charge in [0, 0.05) is 19.0 Å².